The van der Waals surface area contributed by atoms with Gasteiger partial charge in [0, 0.05) is 19.0 Å². The molecule has 1 aliphatic rings. The molecule has 0 atom stereocenters. The molecular weight excluding hydrogens is 204 g/mol. The Morgan fingerprint density at radius 3 is 2.81 bits per heavy atom. The molecule has 2 N–H and O–H groups in total. The zero-order valence-electron chi connectivity index (χ0n) is 9.61. The topological polar surface area (TPSA) is 59.5 Å². The van der Waals surface area contributed by atoms with E-state index in [4.69, 9.17) is 10.2 Å². The standard InChI is InChI=1S/C12H18N2O2/c1-14(9-12(8-13)5-3-6-12)11(15)10-4-2-7-16-10/h2,4,7H,3,5-6,8-9,13H2,1H3. The highest BCUT2D eigenvalue weighted by atomic mass is 16.3. The van der Waals surface area contributed by atoms with Crippen LogP contribution in [0.2, 0.25) is 0 Å². The molecule has 1 aromatic heterocycles. The molecule has 1 aromatic rings. The first-order valence-electron chi connectivity index (χ1n) is 5.66. The average molecular weight is 222 g/mol. The molecule has 4 heteroatoms. The number of hydrogen-bond acceptors (Lipinski definition) is 3. The van der Waals surface area contributed by atoms with E-state index in [0.717, 1.165) is 19.4 Å². The van der Waals surface area contributed by atoms with Crippen LogP contribution in [0.25, 0.3) is 0 Å². The van der Waals surface area contributed by atoms with Crippen molar-refractivity contribution in [3.05, 3.63) is 24.2 Å². The molecule has 1 fully saturated rings. The molecule has 0 saturated heterocycles. The zero-order valence-corrected chi connectivity index (χ0v) is 9.61. The Morgan fingerprint density at radius 1 is 1.62 bits per heavy atom. The number of nitrogens with zero attached hydrogens (tertiary/aromatic N) is 1. The molecule has 2 rings (SSSR count). The third-order valence-corrected chi connectivity index (χ3v) is 3.50. The van der Waals surface area contributed by atoms with E-state index in [2.05, 4.69) is 0 Å². The van der Waals surface area contributed by atoms with Gasteiger partial charge < -0.3 is 15.1 Å². The van der Waals surface area contributed by atoms with Gasteiger partial charge in [-0.15, -0.1) is 0 Å². The molecule has 1 amide bonds. The summed E-state index contributed by atoms with van der Waals surface area (Å²) in [4.78, 5) is 13.6. The quantitative estimate of drug-likeness (QED) is 0.839. The molecule has 0 unspecified atom stereocenters. The monoisotopic (exact) mass is 222 g/mol. The second-order valence-electron chi connectivity index (χ2n) is 4.70. The lowest BCUT2D eigenvalue weighted by Crippen LogP contribution is -2.47. The minimum Gasteiger partial charge on any atom is -0.459 e. The molecule has 0 aromatic carbocycles. The molecule has 0 aliphatic heterocycles. The van der Waals surface area contributed by atoms with E-state index >= 15 is 0 Å². The first kappa shape index (κ1) is 11.2. The van der Waals surface area contributed by atoms with Crippen LogP contribution in [0.15, 0.2) is 22.8 Å². The van der Waals surface area contributed by atoms with Crippen molar-refractivity contribution in [3.8, 4) is 0 Å². The van der Waals surface area contributed by atoms with E-state index in [-0.39, 0.29) is 11.3 Å². The maximum Gasteiger partial charge on any atom is 0.289 e. The molecule has 1 aliphatic carbocycles. The third-order valence-electron chi connectivity index (χ3n) is 3.50. The normalized spacial score (nSPS) is 17.9. The summed E-state index contributed by atoms with van der Waals surface area (Å²) in [6.07, 6.45) is 4.99. The molecule has 4 nitrogen and oxygen atoms in total. The largest absolute Gasteiger partial charge is 0.459 e. The Hall–Kier alpha value is -1.29. The molecule has 0 radical (unpaired) electrons. The number of hydrogen-bond donors (Lipinski definition) is 1. The maximum atomic E-state index is 11.9. The van der Waals surface area contributed by atoms with Crippen LogP contribution in [0.5, 0.6) is 0 Å². The lowest BCUT2D eigenvalue weighted by Gasteiger charge is -2.43. The van der Waals surface area contributed by atoms with Crippen LogP contribution in [0.4, 0.5) is 0 Å². The van der Waals surface area contributed by atoms with Gasteiger partial charge in [0.15, 0.2) is 5.76 Å². The van der Waals surface area contributed by atoms with Crippen molar-refractivity contribution in [1.29, 1.82) is 0 Å². The summed E-state index contributed by atoms with van der Waals surface area (Å²) in [6, 6.07) is 3.41. The van der Waals surface area contributed by atoms with Crippen LogP contribution in [0.3, 0.4) is 0 Å². The van der Waals surface area contributed by atoms with E-state index in [9.17, 15) is 4.79 Å². The van der Waals surface area contributed by atoms with Gasteiger partial charge in [0.1, 0.15) is 0 Å². The van der Waals surface area contributed by atoms with Gasteiger partial charge in [0.05, 0.1) is 6.26 Å². The number of amides is 1. The van der Waals surface area contributed by atoms with Crippen LogP contribution >= 0.6 is 0 Å². The highest BCUT2D eigenvalue weighted by Gasteiger charge is 2.37. The summed E-state index contributed by atoms with van der Waals surface area (Å²) < 4.78 is 5.09. The fourth-order valence-electron chi connectivity index (χ4n) is 2.27. The smallest absolute Gasteiger partial charge is 0.289 e. The molecule has 0 bridgehead atoms. The predicted octanol–water partition coefficient (Wildman–Crippen LogP) is 1.48. The second kappa shape index (κ2) is 4.29. The van der Waals surface area contributed by atoms with Crippen molar-refractivity contribution in [1.82, 2.24) is 4.90 Å². The Labute approximate surface area is 95.4 Å². The van der Waals surface area contributed by atoms with Crippen LogP contribution < -0.4 is 5.73 Å². The Bertz CT molecular complexity index is 350. The van der Waals surface area contributed by atoms with Crippen molar-refractivity contribution in [2.24, 2.45) is 11.1 Å². The SMILES string of the molecule is CN(CC1(CN)CCC1)C(=O)c1ccco1. The molecule has 16 heavy (non-hydrogen) atoms. The number of carbonyl (C=O) groups excluding carboxylic acids is 1. The Morgan fingerprint density at radius 2 is 2.38 bits per heavy atom. The number of nitrogens with two attached hydrogens (primary N) is 1. The summed E-state index contributed by atoms with van der Waals surface area (Å²) in [5, 5.41) is 0. The summed E-state index contributed by atoms with van der Waals surface area (Å²) in [6.45, 7) is 1.38. The first-order valence-corrected chi connectivity index (χ1v) is 5.66. The molecular formula is C12H18N2O2. The van der Waals surface area contributed by atoms with Crippen molar-refractivity contribution in [3.63, 3.8) is 0 Å². The number of carbonyl (C=O) groups is 1. The molecule has 0 spiro atoms. The summed E-state index contributed by atoms with van der Waals surface area (Å²) >= 11 is 0. The number of furan rings is 1. The summed E-state index contributed by atoms with van der Waals surface area (Å²) in [5.41, 5.74) is 5.92. The van der Waals surface area contributed by atoms with Gasteiger partial charge in [-0.25, -0.2) is 0 Å². The third kappa shape index (κ3) is 1.97. The lowest BCUT2D eigenvalue weighted by molar-refractivity contribution is 0.0542. The number of rotatable bonds is 4. The molecule has 1 heterocycles. The average Bonchev–Trinajstić information content (AvgIpc) is 2.75. The first-order chi connectivity index (χ1) is 7.67. The van der Waals surface area contributed by atoms with E-state index < -0.39 is 0 Å². The highest BCUT2D eigenvalue weighted by molar-refractivity contribution is 5.91. The minimum absolute atomic E-state index is 0.0651. The second-order valence-corrected chi connectivity index (χ2v) is 4.70. The minimum atomic E-state index is -0.0651. The zero-order chi connectivity index (χ0) is 11.6. The van der Waals surface area contributed by atoms with Gasteiger partial charge in [0.2, 0.25) is 0 Å². The van der Waals surface area contributed by atoms with E-state index in [1.165, 1.54) is 12.7 Å². The fraction of sp³-hybridized carbons (Fsp3) is 0.583. The van der Waals surface area contributed by atoms with E-state index in [1.807, 2.05) is 0 Å². The molecule has 88 valence electrons. The van der Waals surface area contributed by atoms with Crippen LogP contribution in [-0.2, 0) is 0 Å². The van der Waals surface area contributed by atoms with Crippen LogP contribution in [0.1, 0.15) is 29.8 Å². The van der Waals surface area contributed by atoms with E-state index in [0.29, 0.717) is 12.3 Å². The van der Waals surface area contributed by atoms with Crippen molar-refractivity contribution < 1.29 is 9.21 Å². The van der Waals surface area contributed by atoms with Gasteiger partial charge in [0.25, 0.3) is 5.91 Å². The fourth-order valence-corrected chi connectivity index (χ4v) is 2.27. The van der Waals surface area contributed by atoms with Gasteiger partial charge in [-0.3, -0.25) is 4.79 Å². The van der Waals surface area contributed by atoms with Crippen molar-refractivity contribution >= 4 is 5.91 Å². The van der Waals surface area contributed by atoms with Gasteiger partial charge in [-0.05, 0) is 31.5 Å². The summed E-state index contributed by atoms with van der Waals surface area (Å²) in [7, 11) is 1.81. The Balaban J connectivity index is 1.97. The Kier molecular flexibility index (Phi) is 3.01. The van der Waals surface area contributed by atoms with Crippen LogP contribution in [0, 0.1) is 5.41 Å². The lowest BCUT2D eigenvalue weighted by atomic mass is 9.68. The molecule has 1 saturated carbocycles. The predicted molar refractivity (Wildman–Crippen MR) is 61.0 cm³/mol. The van der Waals surface area contributed by atoms with Crippen LogP contribution in [-0.4, -0.2) is 30.9 Å². The maximum absolute atomic E-state index is 11.9. The van der Waals surface area contributed by atoms with Crippen molar-refractivity contribution in [2.75, 3.05) is 20.1 Å². The van der Waals surface area contributed by atoms with Crippen molar-refractivity contribution in [2.45, 2.75) is 19.3 Å². The highest BCUT2D eigenvalue weighted by Crippen LogP contribution is 2.40. The van der Waals surface area contributed by atoms with Gasteiger partial charge in [-0.1, -0.05) is 6.42 Å². The van der Waals surface area contributed by atoms with Gasteiger partial charge >= 0.3 is 0 Å². The van der Waals surface area contributed by atoms with Gasteiger partial charge in [-0.2, -0.15) is 0 Å². The van der Waals surface area contributed by atoms with E-state index in [1.54, 1.807) is 24.1 Å². The summed E-state index contributed by atoms with van der Waals surface area (Å²) in [5.74, 6) is 0.332.